The Morgan fingerprint density at radius 1 is 0.846 bits per heavy atom. The first kappa shape index (κ1) is 36.0. The van der Waals surface area contributed by atoms with Gasteiger partial charge in [-0.15, -0.1) is 0 Å². The molecular formula is C29H57NO9. The SMILES string of the molecule is CCCCCCCCCCCCCCC[C@@H](O)[C@H](CO[C@H]1O[C@H](CO)[C@H](O)[C@H](O)[C@H]1O)NC(=O)OC(C)(C)C. The van der Waals surface area contributed by atoms with E-state index < -0.39 is 61.2 Å². The van der Waals surface area contributed by atoms with Gasteiger partial charge in [0.15, 0.2) is 6.29 Å². The predicted molar refractivity (Wildman–Crippen MR) is 149 cm³/mol. The Balaban J connectivity index is 2.44. The molecule has 7 atom stereocenters. The summed E-state index contributed by atoms with van der Waals surface area (Å²) in [7, 11) is 0. The van der Waals surface area contributed by atoms with Crippen LogP contribution in [-0.4, -0.2) is 93.3 Å². The number of ether oxygens (including phenoxy) is 3. The number of carbonyl (C=O) groups is 1. The first-order chi connectivity index (χ1) is 18.5. The molecule has 1 aliphatic heterocycles. The molecule has 39 heavy (non-hydrogen) atoms. The van der Waals surface area contributed by atoms with Crippen LogP contribution in [0.25, 0.3) is 0 Å². The minimum Gasteiger partial charge on any atom is -0.444 e. The molecule has 1 fully saturated rings. The normalized spacial score (nSPS) is 25.3. The smallest absolute Gasteiger partial charge is 0.408 e. The summed E-state index contributed by atoms with van der Waals surface area (Å²) in [6, 6.07) is -0.857. The summed E-state index contributed by atoms with van der Waals surface area (Å²) < 4.78 is 16.3. The second kappa shape index (κ2) is 20.0. The van der Waals surface area contributed by atoms with Crippen molar-refractivity contribution in [3.63, 3.8) is 0 Å². The van der Waals surface area contributed by atoms with E-state index in [-0.39, 0.29) is 6.61 Å². The van der Waals surface area contributed by atoms with Gasteiger partial charge >= 0.3 is 6.09 Å². The number of aliphatic hydroxyl groups excluding tert-OH is 5. The summed E-state index contributed by atoms with van der Waals surface area (Å²) in [4.78, 5) is 12.4. The Labute approximate surface area is 235 Å². The highest BCUT2D eigenvalue weighted by Crippen LogP contribution is 2.23. The largest absolute Gasteiger partial charge is 0.444 e. The van der Waals surface area contributed by atoms with Crippen molar-refractivity contribution in [3.8, 4) is 0 Å². The summed E-state index contributed by atoms with van der Waals surface area (Å²) in [6.07, 6.45) is 7.52. The lowest BCUT2D eigenvalue weighted by Crippen LogP contribution is -2.60. The number of rotatable bonds is 20. The molecule has 1 amide bonds. The van der Waals surface area contributed by atoms with Crippen molar-refractivity contribution in [3.05, 3.63) is 0 Å². The third-order valence-electron chi connectivity index (χ3n) is 7.06. The van der Waals surface area contributed by atoms with Gasteiger partial charge in [0, 0.05) is 0 Å². The van der Waals surface area contributed by atoms with Gasteiger partial charge in [-0.3, -0.25) is 0 Å². The van der Waals surface area contributed by atoms with E-state index in [2.05, 4.69) is 12.2 Å². The van der Waals surface area contributed by atoms with Crippen molar-refractivity contribution in [2.24, 2.45) is 0 Å². The monoisotopic (exact) mass is 563 g/mol. The zero-order valence-electron chi connectivity index (χ0n) is 24.7. The summed E-state index contributed by atoms with van der Waals surface area (Å²) in [5, 5.41) is 53.0. The standard InChI is InChI=1S/C29H57NO9/c1-5-6-7-8-9-10-11-12-13-14-15-16-17-18-22(32)21(30-28(36)39-29(2,3)4)20-37-27-26(35)25(34)24(33)23(19-31)38-27/h21-27,31-35H,5-20H2,1-4H3,(H,30,36)/t21-,22+,23+,24-,25-,26+,27-/m0/s1. The van der Waals surface area contributed by atoms with Gasteiger partial charge in [0.25, 0.3) is 0 Å². The van der Waals surface area contributed by atoms with Crippen LogP contribution >= 0.6 is 0 Å². The number of hydrogen-bond donors (Lipinski definition) is 6. The molecule has 0 radical (unpaired) electrons. The van der Waals surface area contributed by atoms with Crippen LogP contribution in [0.4, 0.5) is 4.79 Å². The molecule has 6 N–H and O–H groups in total. The highest BCUT2D eigenvalue weighted by Gasteiger charge is 2.44. The first-order valence-electron chi connectivity index (χ1n) is 15.1. The van der Waals surface area contributed by atoms with E-state index in [0.29, 0.717) is 6.42 Å². The average Bonchev–Trinajstić information content (AvgIpc) is 2.87. The number of unbranched alkanes of at least 4 members (excludes halogenated alkanes) is 12. The Morgan fingerprint density at radius 2 is 1.36 bits per heavy atom. The molecule has 0 aromatic carbocycles. The highest BCUT2D eigenvalue weighted by atomic mass is 16.7. The summed E-state index contributed by atoms with van der Waals surface area (Å²) in [6.45, 7) is 6.62. The number of carbonyl (C=O) groups excluding carboxylic acids is 1. The van der Waals surface area contributed by atoms with E-state index in [9.17, 15) is 30.3 Å². The van der Waals surface area contributed by atoms with E-state index in [1.54, 1.807) is 20.8 Å². The predicted octanol–water partition coefficient (Wildman–Crippen LogP) is 3.54. The fourth-order valence-corrected chi connectivity index (χ4v) is 4.68. The molecule has 0 aromatic heterocycles. The maximum Gasteiger partial charge on any atom is 0.408 e. The lowest BCUT2D eigenvalue weighted by molar-refractivity contribution is -0.302. The van der Waals surface area contributed by atoms with E-state index in [4.69, 9.17) is 14.2 Å². The molecular weight excluding hydrogens is 506 g/mol. The van der Waals surface area contributed by atoms with Crippen molar-refractivity contribution in [2.45, 2.75) is 166 Å². The van der Waals surface area contributed by atoms with Crippen molar-refractivity contribution in [1.82, 2.24) is 5.32 Å². The van der Waals surface area contributed by atoms with Crippen LogP contribution in [0.3, 0.4) is 0 Å². The molecule has 1 aliphatic rings. The van der Waals surface area contributed by atoms with E-state index in [1.165, 1.54) is 64.2 Å². The van der Waals surface area contributed by atoms with E-state index >= 15 is 0 Å². The van der Waals surface area contributed by atoms with Gasteiger partial charge in [0.1, 0.15) is 30.0 Å². The number of hydrogen-bond acceptors (Lipinski definition) is 9. The maximum absolute atomic E-state index is 12.4. The molecule has 1 heterocycles. The molecule has 0 bridgehead atoms. The lowest BCUT2D eigenvalue weighted by atomic mass is 9.99. The van der Waals surface area contributed by atoms with Crippen LogP contribution in [-0.2, 0) is 14.2 Å². The number of aliphatic hydroxyl groups is 5. The zero-order chi connectivity index (χ0) is 29.3. The Kier molecular flexibility index (Phi) is 18.4. The average molecular weight is 564 g/mol. The van der Waals surface area contributed by atoms with Crippen molar-refractivity contribution in [1.29, 1.82) is 0 Å². The first-order valence-corrected chi connectivity index (χ1v) is 15.1. The zero-order valence-corrected chi connectivity index (χ0v) is 24.7. The summed E-state index contributed by atoms with van der Waals surface area (Å²) >= 11 is 0. The van der Waals surface area contributed by atoms with Gasteiger partial charge in [0.05, 0.1) is 25.4 Å². The number of alkyl carbamates (subject to hydrolysis) is 1. The topological polar surface area (TPSA) is 158 Å². The molecule has 1 rings (SSSR count). The Hall–Kier alpha value is -1.01. The minimum atomic E-state index is -1.58. The fourth-order valence-electron chi connectivity index (χ4n) is 4.68. The quantitative estimate of drug-likeness (QED) is 0.122. The van der Waals surface area contributed by atoms with Gasteiger partial charge in [-0.05, 0) is 27.2 Å². The Bertz CT molecular complexity index is 628. The van der Waals surface area contributed by atoms with Gasteiger partial charge in [-0.25, -0.2) is 4.79 Å². The molecule has 232 valence electrons. The third kappa shape index (κ3) is 15.5. The van der Waals surface area contributed by atoms with E-state index in [0.717, 1.165) is 19.3 Å². The van der Waals surface area contributed by atoms with Crippen LogP contribution in [0.15, 0.2) is 0 Å². The van der Waals surface area contributed by atoms with Crippen molar-refractivity contribution >= 4 is 6.09 Å². The lowest BCUT2D eigenvalue weighted by Gasteiger charge is -2.40. The van der Waals surface area contributed by atoms with Crippen LogP contribution in [0.1, 0.15) is 118 Å². The van der Waals surface area contributed by atoms with Gasteiger partial charge in [-0.1, -0.05) is 90.4 Å². The molecule has 10 nitrogen and oxygen atoms in total. The molecule has 1 saturated heterocycles. The van der Waals surface area contributed by atoms with Gasteiger partial charge < -0.3 is 45.1 Å². The highest BCUT2D eigenvalue weighted by molar-refractivity contribution is 5.68. The molecule has 10 heteroatoms. The second-order valence-corrected chi connectivity index (χ2v) is 11.9. The Morgan fingerprint density at radius 3 is 1.85 bits per heavy atom. The fraction of sp³-hybridized carbons (Fsp3) is 0.966. The van der Waals surface area contributed by atoms with E-state index in [1.807, 2.05) is 0 Å². The van der Waals surface area contributed by atoms with Crippen LogP contribution < -0.4 is 5.32 Å². The van der Waals surface area contributed by atoms with Crippen LogP contribution in [0, 0.1) is 0 Å². The van der Waals surface area contributed by atoms with Crippen molar-refractivity contribution < 1.29 is 44.5 Å². The number of nitrogens with one attached hydrogen (secondary N) is 1. The maximum atomic E-state index is 12.4. The van der Waals surface area contributed by atoms with Crippen molar-refractivity contribution in [2.75, 3.05) is 13.2 Å². The van der Waals surface area contributed by atoms with Crippen LogP contribution in [0.2, 0.25) is 0 Å². The molecule has 0 spiro atoms. The van der Waals surface area contributed by atoms with Crippen LogP contribution in [0.5, 0.6) is 0 Å². The molecule has 0 aliphatic carbocycles. The molecule has 0 saturated carbocycles. The van der Waals surface area contributed by atoms with Gasteiger partial charge in [-0.2, -0.15) is 0 Å². The molecule has 0 unspecified atom stereocenters. The summed E-state index contributed by atoms with van der Waals surface area (Å²) in [5.74, 6) is 0. The van der Waals surface area contributed by atoms with Gasteiger partial charge in [0.2, 0.25) is 0 Å². The number of amides is 1. The second-order valence-electron chi connectivity index (χ2n) is 11.9. The molecule has 0 aromatic rings. The summed E-state index contributed by atoms with van der Waals surface area (Å²) in [5.41, 5.74) is -0.729. The third-order valence-corrected chi connectivity index (χ3v) is 7.06. The minimum absolute atomic E-state index is 0.235.